The second-order valence-corrected chi connectivity index (χ2v) is 7.08. The van der Waals surface area contributed by atoms with Gasteiger partial charge in [0.05, 0.1) is 13.5 Å². The minimum Gasteiger partial charge on any atom is -0.496 e. The van der Waals surface area contributed by atoms with E-state index < -0.39 is 18.2 Å². The molecule has 1 aliphatic heterocycles. The maximum atomic E-state index is 11.3. The predicted molar refractivity (Wildman–Crippen MR) is 109 cm³/mol. The fourth-order valence-electron chi connectivity index (χ4n) is 3.32. The molecule has 142 valence electrons. The number of aliphatic carboxylic acids is 1. The Morgan fingerprint density at radius 1 is 1.33 bits per heavy atom. The van der Waals surface area contributed by atoms with Gasteiger partial charge >= 0.3 is 5.97 Å². The van der Waals surface area contributed by atoms with Crippen LogP contribution in [0.25, 0.3) is 0 Å². The molecule has 1 heterocycles. The molecule has 0 spiro atoms. The quantitative estimate of drug-likeness (QED) is 0.708. The maximum absolute atomic E-state index is 11.3. The van der Waals surface area contributed by atoms with Crippen LogP contribution in [0.4, 0.5) is 5.69 Å². The number of hydrogen-bond acceptors (Lipinski definition) is 4. The summed E-state index contributed by atoms with van der Waals surface area (Å²) in [5.41, 5.74) is 3.47. The van der Waals surface area contributed by atoms with Crippen LogP contribution in [0.15, 0.2) is 36.4 Å². The largest absolute Gasteiger partial charge is 0.496 e. The molecular formula is C20H20ClNO4S. The van der Waals surface area contributed by atoms with E-state index >= 15 is 0 Å². The van der Waals surface area contributed by atoms with Crippen molar-refractivity contribution in [2.75, 3.05) is 12.4 Å². The summed E-state index contributed by atoms with van der Waals surface area (Å²) in [4.78, 5) is 11.6. The number of nitrogens with one attached hydrogen (secondary N) is 1. The molecule has 0 unspecified atom stereocenters. The van der Waals surface area contributed by atoms with Crippen molar-refractivity contribution in [1.29, 1.82) is 0 Å². The molecule has 0 saturated heterocycles. The monoisotopic (exact) mass is 405 g/mol. The molecule has 2 atom stereocenters. The number of carboxylic acids is 1. The van der Waals surface area contributed by atoms with Crippen molar-refractivity contribution >= 4 is 40.5 Å². The van der Waals surface area contributed by atoms with Crippen LogP contribution in [0.3, 0.4) is 0 Å². The fraction of sp³-hybridized carbons (Fsp3) is 0.300. The van der Waals surface area contributed by atoms with Gasteiger partial charge in [0.1, 0.15) is 22.9 Å². The molecule has 2 aromatic carbocycles. The Morgan fingerprint density at radius 2 is 2.11 bits per heavy atom. The molecule has 5 nitrogen and oxygen atoms in total. The first-order chi connectivity index (χ1) is 12.9. The number of ether oxygens (including phenoxy) is 2. The van der Waals surface area contributed by atoms with Crippen LogP contribution in [0.2, 0.25) is 5.02 Å². The minimum atomic E-state index is -0.978. The van der Waals surface area contributed by atoms with E-state index in [9.17, 15) is 9.90 Å². The third-order valence-corrected chi connectivity index (χ3v) is 5.13. The van der Waals surface area contributed by atoms with Crippen LogP contribution in [-0.4, -0.2) is 29.3 Å². The second-order valence-electron chi connectivity index (χ2n) is 6.21. The third kappa shape index (κ3) is 4.08. The zero-order valence-electron chi connectivity index (χ0n) is 15.0. The number of carboxylic acid groups (broad SMARTS) is 1. The van der Waals surface area contributed by atoms with Gasteiger partial charge in [-0.15, -0.1) is 0 Å². The molecule has 2 N–H and O–H groups in total. The topological polar surface area (TPSA) is 67.8 Å². The highest BCUT2D eigenvalue weighted by Gasteiger charge is 2.32. The SMILES string of the molecule is CCc1c(OC)cccc1[C@H]1O[C@H](CC(=O)O)C(=S)Nc2ccc(Cl)cc21. The van der Waals surface area contributed by atoms with Gasteiger partial charge in [0.25, 0.3) is 0 Å². The lowest BCUT2D eigenvalue weighted by Gasteiger charge is -2.24. The van der Waals surface area contributed by atoms with E-state index in [4.69, 9.17) is 33.3 Å². The Bertz CT molecular complexity index is 886. The zero-order valence-corrected chi connectivity index (χ0v) is 16.6. The van der Waals surface area contributed by atoms with E-state index in [2.05, 4.69) is 5.32 Å². The van der Waals surface area contributed by atoms with E-state index in [-0.39, 0.29) is 6.42 Å². The average Bonchev–Trinajstić information content (AvgIpc) is 2.77. The van der Waals surface area contributed by atoms with Gasteiger partial charge in [-0.2, -0.15) is 0 Å². The number of halogens is 1. The second kappa shape index (κ2) is 8.25. The molecule has 0 fully saturated rings. The van der Waals surface area contributed by atoms with Gasteiger partial charge in [-0.05, 0) is 41.8 Å². The highest BCUT2D eigenvalue weighted by molar-refractivity contribution is 7.80. The molecule has 2 aromatic rings. The van der Waals surface area contributed by atoms with Crippen LogP contribution in [0.5, 0.6) is 5.75 Å². The molecule has 0 aliphatic carbocycles. The van der Waals surface area contributed by atoms with Gasteiger partial charge in [-0.3, -0.25) is 4.79 Å². The summed E-state index contributed by atoms with van der Waals surface area (Å²) in [5, 5.41) is 13.0. The van der Waals surface area contributed by atoms with Gasteiger partial charge in [0.15, 0.2) is 0 Å². The van der Waals surface area contributed by atoms with E-state index in [1.807, 2.05) is 37.3 Å². The molecule has 1 aliphatic rings. The van der Waals surface area contributed by atoms with E-state index in [0.717, 1.165) is 34.5 Å². The van der Waals surface area contributed by atoms with Crippen molar-refractivity contribution in [2.45, 2.75) is 32.0 Å². The third-order valence-electron chi connectivity index (χ3n) is 4.53. The average molecular weight is 406 g/mol. The van der Waals surface area contributed by atoms with Crippen molar-refractivity contribution < 1.29 is 19.4 Å². The molecule has 0 amide bonds. The Morgan fingerprint density at radius 3 is 2.78 bits per heavy atom. The summed E-state index contributed by atoms with van der Waals surface area (Å²) in [7, 11) is 1.63. The molecule has 7 heteroatoms. The molecule has 27 heavy (non-hydrogen) atoms. The van der Waals surface area contributed by atoms with Crippen molar-refractivity contribution in [3.05, 3.63) is 58.1 Å². The Kier molecular flexibility index (Phi) is 5.99. The summed E-state index contributed by atoms with van der Waals surface area (Å²) in [6.45, 7) is 2.04. The summed E-state index contributed by atoms with van der Waals surface area (Å²) >= 11 is 11.6. The predicted octanol–water partition coefficient (Wildman–Crippen LogP) is 4.61. The van der Waals surface area contributed by atoms with Crippen molar-refractivity contribution in [1.82, 2.24) is 0 Å². The molecule has 0 radical (unpaired) electrons. The Labute approximate surface area is 168 Å². The normalized spacial score (nSPS) is 19.0. The number of rotatable bonds is 5. The fourth-order valence-corrected chi connectivity index (χ4v) is 3.74. The Balaban J connectivity index is 2.18. The Hall–Kier alpha value is -2.15. The first kappa shape index (κ1) is 19.6. The van der Waals surface area contributed by atoms with Crippen LogP contribution in [-0.2, 0) is 16.0 Å². The highest BCUT2D eigenvalue weighted by atomic mass is 35.5. The van der Waals surface area contributed by atoms with Crippen molar-refractivity contribution in [3.63, 3.8) is 0 Å². The number of fused-ring (bicyclic) bond motifs is 1. The van der Waals surface area contributed by atoms with Gasteiger partial charge in [0, 0.05) is 16.3 Å². The summed E-state index contributed by atoms with van der Waals surface area (Å²) in [5.74, 6) is -0.218. The first-order valence-electron chi connectivity index (χ1n) is 8.58. The number of thiocarbonyl (C=S) groups is 1. The summed E-state index contributed by atoms with van der Waals surface area (Å²) in [6.07, 6.45) is -0.780. The van der Waals surface area contributed by atoms with Crippen molar-refractivity contribution in [2.24, 2.45) is 0 Å². The number of anilines is 1. The van der Waals surface area contributed by atoms with E-state index in [1.54, 1.807) is 13.2 Å². The van der Waals surface area contributed by atoms with Crippen molar-refractivity contribution in [3.8, 4) is 5.75 Å². The van der Waals surface area contributed by atoms with E-state index in [0.29, 0.717) is 10.0 Å². The lowest BCUT2D eigenvalue weighted by molar-refractivity contribution is -0.139. The zero-order chi connectivity index (χ0) is 19.6. The molecule has 0 saturated carbocycles. The maximum Gasteiger partial charge on any atom is 0.306 e. The molecular weight excluding hydrogens is 386 g/mol. The van der Waals surface area contributed by atoms with Gasteiger partial charge in [-0.1, -0.05) is 42.9 Å². The van der Waals surface area contributed by atoms with Crippen LogP contribution in [0, 0.1) is 0 Å². The number of carbonyl (C=O) groups is 1. The van der Waals surface area contributed by atoms with Crippen LogP contribution < -0.4 is 10.1 Å². The summed E-state index contributed by atoms with van der Waals surface area (Å²) < 4.78 is 11.8. The highest BCUT2D eigenvalue weighted by Crippen LogP contribution is 2.40. The minimum absolute atomic E-state index is 0.227. The van der Waals surface area contributed by atoms with E-state index in [1.165, 1.54) is 0 Å². The smallest absolute Gasteiger partial charge is 0.306 e. The van der Waals surface area contributed by atoms with Gasteiger partial charge in [0.2, 0.25) is 0 Å². The number of methoxy groups -OCH3 is 1. The first-order valence-corrected chi connectivity index (χ1v) is 9.36. The van der Waals surface area contributed by atoms with Gasteiger partial charge < -0.3 is 19.9 Å². The lowest BCUT2D eigenvalue weighted by atomic mass is 9.93. The van der Waals surface area contributed by atoms with Gasteiger partial charge in [-0.25, -0.2) is 0 Å². The van der Waals surface area contributed by atoms with Crippen LogP contribution >= 0.6 is 23.8 Å². The standard InChI is InChI=1S/C20H20ClNO4S/c1-3-12-13(5-4-6-16(12)25-2)19-14-9-11(21)7-8-15(14)22-20(27)17(26-19)10-18(23)24/h4-9,17,19H,3,10H2,1-2H3,(H,22,27)(H,23,24)/t17-,19-/m1/s1. The molecule has 3 rings (SSSR count). The molecule has 0 aromatic heterocycles. The lowest BCUT2D eigenvalue weighted by Crippen LogP contribution is -2.30. The molecule has 0 bridgehead atoms. The number of benzene rings is 2. The number of hydrogen-bond donors (Lipinski definition) is 2. The summed E-state index contributed by atoms with van der Waals surface area (Å²) in [6, 6.07) is 11.2. The van der Waals surface area contributed by atoms with Crippen LogP contribution in [0.1, 0.15) is 36.1 Å².